The van der Waals surface area contributed by atoms with Gasteiger partial charge in [-0.2, -0.15) is 0 Å². The molecular formula is C51H36N2. The van der Waals surface area contributed by atoms with Crippen molar-refractivity contribution in [2.24, 2.45) is 0 Å². The molecule has 1 heterocycles. The molecule has 0 unspecified atom stereocenters. The number of benzene rings is 9. The largest absolute Gasteiger partial charge is 0.296 e. The van der Waals surface area contributed by atoms with Gasteiger partial charge < -0.3 is 0 Å². The Morgan fingerprint density at radius 3 is 1.68 bits per heavy atom. The summed E-state index contributed by atoms with van der Waals surface area (Å²) in [5.41, 5.74) is 13.1. The third-order valence-electron chi connectivity index (χ3n) is 10.7. The van der Waals surface area contributed by atoms with Crippen molar-refractivity contribution < 1.29 is 0 Å². The van der Waals surface area contributed by atoms with Crippen LogP contribution in [0.25, 0.3) is 93.5 Å². The summed E-state index contributed by atoms with van der Waals surface area (Å²) in [7, 11) is 0. The SMILES string of the molecule is CCc1nc2ccccc2n1-c1ccc(-c2c3ccccc3c(-c3ccc(-c4ccccc4)cc3)c3ccc(-c4ccc5ccccc5c4)cc23)cc1. The van der Waals surface area contributed by atoms with Gasteiger partial charge in [0.15, 0.2) is 0 Å². The molecule has 10 rings (SSSR count). The minimum Gasteiger partial charge on any atom is -0.296 e. The average molecular weight is 677 g/mol. The molecule has 9 aromatic carbocycles. The van der Waals surface area contributed by atoms with Crippen molar-refractivity contribution in [1.82, 2.24) is 9.55 Å². The van der Waals surface area contributed by atoms with E-state index in [2.05, 4.69) is 200 Å². The van der Waals surface area contributed by atoms with E-state index in [1.165, 1.54) is 76.8 Å². The first-order valence-corrected chi connectivity index (χ1v) is 18.4. The lowest BCUT2D eigenvalue weighted by atomic mass is 9.84. The fraction of sp³-hybridized carbons (Fsp3) is 0.0392. The Morgan fingerprint density at radius 1 is 0.396 bits per heavy atom. The van der Waals surface area contributed by atoms with Gasteiger partial charge in [0.05, 0.1) is 11.0 Å². The van der Waals surface area contributed by atoms with Crippen LogP contribution in [-0.2, 0) is 6.42 Å². The quantitative estimate of drug-likeness (QED) is 0.160. The zero-order chi connectivity index (χ0) is 35.3. The second-order valence-corrected chi connectivity index (χ2v) is 13.8. The van der Waals surface area contributed by atoms with Gasteiger partial charge in [-0.05, 0) is 113 Å². The summed E-state index contributed by atoms with van der Waals surface area (Å²) in [4.78, 5) is 4.95. The van der Waals surface area contributed by atoms with Gasteiger partial charge in [0, 0.05) is 12.1 Å². The standard InChI is InChI=1S/C51H36N2/c1-2-49-52-47-18-10-11-19-48(47)53(49)42-29-26-38(27-30-42)51-44-17-9-8-16-43(44)50(37-23-20-36(21-24-37)34-12-4-3-5-13-34)45-31-28-41(33-46(45)51)40-25-22-35-14-6-7-15-39(35)32-40/h3-33H,2H2,1H3. The van der Waals surface area contributed by atoms with E-state index in [0.29, 0.717) is 0 Å². The van der Waals surface area contributed by atoms with Crippen LogP contribution < -0.4 is 0 Å². The van der Waals surface area contributed by atoms with E-state index >= 15 is 0 Å². The molecule has 10 aromatic rings. The molecule has 0 bridgehead atoms. The molecule has 0 fully saturated rings. The Morgan fingerprint density at radius 2 is 0.925 bits per heavy atom. The lowest BCUT2D eigenvalue weighted by Gasteiger charge is -2.19. The molecule has 0 N–H and O–H groups in total. The van der Waals surface area contributed by atoms with Crippen molar-refractivity contribution in [3.8, 4) is 50.2 Å². The summed E-state index contributed by atoms with van der Waals surface area (Å²) in [5.74, 6) is 1.07. The zero-order valence-electron chi connectivity index (χ0n) is 29.5. The first kappa shape index (κ1) is 31.0. The van der Waals surface area contributed by atoms with Crippen LogP contribution in [0.15, 0.2) is 188 Å². The van der Waals surface area contributed by atoms with Gasteiger partial charge in [-0.3, -0.25) is 4.57 Å². The van der Waals surface area contributed by atoms with E-state index in [0.717, 1.165) is 29.0 Å². The highest BCUT2D eigenvalue weighted by atomic mass is 15.1. The number of imidazole rings is 1. The number of para-hydroxylation sites is 2. The van der Waals surface area contributed by atoms with Crippen molar-refractivity contribution in [1.29, 1.82) is 0 Å². The maximum Gasteiger partial charge on any atom is 0.114 e. The second-order valence-electron chi connectivity index (χ2n) is 13.8. The molecule has 0 aliphatic rings. The van der Waals surface area contributed by atoms with E-state index < -0.39 is 0 Å². The monoisotopic (exact) mass is 676 g/mol. The molecule has 0 amide bonds. The molecule has 2 heteroatoms. The molecule has 1 aromatic heterocycles. The maximum atomic E-state index is 4.95. The van der Waals surface area contributed by atoms with Crippen LogP contribution in [0.4, 0.5) is 0 Å². The van der Waals surface area contributed by atoms with Gasteiger partial charge in [-0.1, -0.05) is 159 Å². The highest BCUT2D eigenvalue weighted by molar-refractivity contribution is 6.22. The molecule has 53 heavy (non-hydrogen) atoms. The Hall–Kier alpha value is -6.77. The molecule has 0 saturated heterocycles. The molecule has 0 radical (unpaired) electrons. The number of fused-ring (bicyclic) bond motifs is 4. The smallest absolute Gasteiger partial charge is 0.114 e. The minimum absolute atomic E-state index is 0.858. The van der Waals surface area contributed by atoms with Gasteiger partial charge in [0.25, 0.3) is 0 Å². The molecule has 250 valence electrons. The van der Waals surface area contributed by atoms with Crippen molar-refractivity contribution in [3.05, 3.63) is 194 Å². The van der Waals surface area contributed by atoms with E-state index in [9.17, 15) is 0 Å². The van der Waals surface area contributed by atoms with Gasteiger partial charge in [-0.15, -0.1) is 0 Å². The van der Waals surface area contributed by atoms with Crippen LogP contribution in [0.1, 0.15) is 12.7 Å². The van der Waals surface area contributed by atoms with Crippen LogP contribution in [0.2, 0.25) is 0 Å². The van der Waals surface area contributed by atoms with Crippen molar-refractivity contribution >= 4 is 43.4 Å². The molecular weight excluding hydrogens is 641 g/mol. The lowest BCUT2D eigenvalue weighted by Crippen LogP contribution is -2.00. The van der Waals surface area contributed by atoms with E-state index in [4.69, 9.17) is 4.98 Å². The van der Waals surface area contributed by atoms with Crippen LogP contribution >= 0.6 is 0 Å². The Bertz CT molecular complexity index is 2950. The van der Waals surface area contributed by atoms with Crippen LogP contribution in [0, 0.1) is 0 Å². The highest BCUT2D eigenvalue weighted by Crippen LogP contribution is 2.45. The molecule has 0 saturated carbocycles. The number of rotatable bonds is 6. The molecule has 0 aliphatic heterocycles. The molecule has 2 nitrogen and oxygen atoms in total. The van der Waals surface area contributed by atoms with E-state index in [1.807, 2.05) is 0 Å². The first-order valence-electron chi connectivity index (χ1n) is 18.4. The zero-order valence-corrected chi connectivity index (χ0v) is 29.5. The predicted molar refractivity (Wildman–Crippen MR) is 225 cm³/mol. The van der Waals surface area contributed by atoms with Crippen molar-refractivity contribution in [2.45, 2.75) is 13.3 Å². The summed E-state index contributed by atoms with van der Waals surface area (Å²) in [6.07, 6.45) is 0.858. The molecule has 0 spiro atoms. The maximum absolute atomic E-state index is 4.95. The Kier molecular flexibility index (Phi) is 7.47. The van der Waals surface area contributed by atoms with Crippen molar-refractivity contribution in [2.75, 3.05) is 0 Å². The van der Waals surface area contributed by atoms with E-state index in [1.54, 1.807) is 0 Å². The van der Waals surface area contributed by atoms with Crippen LogP contribution in [-0.4, -0.2) is 9.55 Å². The van der Waals surface area contributed by atoms with Crippen molar-refractivity contribution in [3.63, 3.8) is 0 Å². The van der Waals surface area contributed by atoms with Gasteiger partial charge in [-0.25, -0.2) is 4.98 Å². The summed E-state index contributed by atoms with van der Waals surface area (Å²) in [5, 5.41) is 7.48. The van der Waals surface area contributed by atoms with Gasteiger partial charge >= 0.3 is 0 Å². The number of aromatic nitrogens is 2. The minimum atomic E-state index is 0.858. The average Bonchev–Trinajstić information content (AvgIpc) is 3.62. The molecule has 0 aliphatic carbocycles. The normalized spacial score (nSPS) is 11.6. The fourth-order valence-corrected chi connectivity index (χ4v) is 8.19. The van der Waals surface area contributed by atoms with Crippen LogP contribution in [0.5, 0.6) is 0 Å². The third kappa shape index (κ3) is 5.30. The topological polar surface area (TPSA) is 17.8 Å². The summed E-state index contributed by atoms with van der Waals surface area (Å²) < 4.78 is 2.30. The first-order chi connectivity index (χ1) is 26.2. The number of nitrogens with zero attached hydrogens (tertiary/aromatic N) is 2. The number of aryl methyl sites for hydroxylation is 1. The van der Waals surface area contributed by atoms with Gasteiger partial charge in [0.2, 0.25) is 0 Å². The fourth-order valence-electron chi connectivity index (χ4n) is 8.19. The number of hydrogen-bond acceptors (Lipinski definition) is 1. The Labute approximate surface area is 309 Å². The Balaban J connectivity index is 1.20. The lowest BCUT2D eigenvalue weighted by molar-refractivity contribution is 0.908. The van der Waals surface area contributed by atoms with Crippen LogP contribution in [0.3, 0.4) is 0 Å². The summed E-state index contributed by atoms with van der Waals surface area (Å²) >= 11 is 0. The highest BCUT2D eigenvalue weighted by Gasteiger charge is 2.19. The predicted octanol–water partition coefficient (Wildman–Crippen LogP) is 13.7. The molecule has 0 atom stereocenters. The summed E-state index contributed by atoms with van der Waals surface area (Å²) in [6.45, 7) is 2.17. The van der Waals surface area contributed by atoms with Gasteiger partial charge in [0.1, 0.15) is 5.82 Å². The number of hydrogen-bond donors (Lipinski definition) is 0. The third-order valence-corrected chi connectivity index (χ3v) is 10.7. The summed E-state index contributed by atoms with van der Waals surface area (Å²) in [6, 6.07) is 68.6. The second kappa shape index (κ2) is 12.8. The van der Waals surface area contributed by atoms with E-state index in [-0.39, 0.29) is 0 Å².